The van der Waals surface area contributed by atoms with E-state index in [-0.39, 0.29) is 12.5 Å². The summed E-state index contributed by atoms with van der Waals surface area (Å²) < 4.78 is 0. The van der Waals surface area contributed by atoms with E-state index in [9.17, 15) is 9.59 Å². The van der Waals surface area contributed by atoms with Crippen LogP contribution in [0.15, 0.2) is 0 Å². The van der Waals surface area contributed by atoms with Gasteiger partial charge < -0.3 is 15.7 Å². The van der Waals surface area contributed by atoms with Crippen LogP contribution in [0.25, 0.3) is 0 Å². The number of hydrogen-bond donors (Lipinski definition) is 3. The molecule has 1 aliphatic carbocycles. The van der Waals surface area contributed by atoms with E-state index in [1.165, 1.54) is 25.7 Å². The summed E-state index contributed by atoms with van der Waals surface area (Å²) in [5.74, 6) is -0.436. The molecule has 2 amide bonds. The summed E-state index contributed by atoms with van der Waals surface area (Å²) in [7, 11) is 0. The fourth-order valence-electron chi connectivity index (χ4n) is 2.50. The highest BCUT2D eigenvalue weighted by Gasteiger charge is 2.41. The molecule has 0 aromatic heterocycles. The Kier molecular flexibility index (Phi) is 6.82. The number of urea groups is 1. The molecule has 1 fully saturated rings. The standard InChI is InChI=1S/C15H28N2O3/c1-3-7-15(8-9-15)11-17-14(20)16-10-6-12(2)4-5-13(18)19/h12H,3-11H2,1-2H3,(H,18,19)(H2,16,17,20). The normalized spacial score (nSPS) is 17.3. The number of aliphatic carboxylic acids is 1. The van der Waals surface area contributed by atoms with Gasteiger partial charge in [0.2, 0.25) is 0 Å². The smallest absolute Gasteiger partial charge is 0.314 e. The molecule has 3 N–H and O–H groups in total. The molecule has 0 saturated heterocycles. The van der Waals surface area contributed by atoms with Crippen molar-refractivity contribution >= 4 is 12.0 Å². The van der Waals surface area contributed by atoms with Crippen LogP contribution in [0.3, 0.4) is 0 Å². The van der Waals surface area contributed by atoms with Crippen molar-refractivity contribution < 1.29 is 14.7 Å². The zero-order valence-electron chi connectivity index (χ0n) is 12.7. The molecule has 0 aliphatic heterocycles. The van der Waals surface area contributed by atoms with Gasteiger partial charge in [-0.1, -0.05) is 20.3 Å². The third-order valence-corrected chi connectivity index (χ3v) is 4.14. The van der Waals surface area contributed by atoms with E-state index in [1.54, 1.807) is 0 Å². The van der Waals surface area contributed by atoms with Crippen LogP contribution in [0.5, 0.6) is 0 Å². The number of carboxylic acid groups (broad SMARTS) is 1. The second-order valence-electron chi connectivity index (χ2n) is 6.19. The van der Waals surface area contributed by atoms with Gasteiger partial charge in [0, 0.05) is 19.5 Å². The van der Waals surface area contributed by atoms with Crippen LogP contribution in [-0.4, -0.2) is 30.2 Å². The van der Waals surface area contributed by atoms with Crippen molar-refractivity contribution in [1.82, 2.24) is 10.6 Å². The minimum absolute atomic E-state index is 0.0992. The van der Waals surface area contributed by atoms with Crippen LogP contribution in [0.1, 0.15) is 58.8 Å². The number of carbonyl (C=O) groups is 2. The minimum Gasteiger partial charge on any atom is -0.481 e. The maximum atomic E-state index is 11.7. The fraction of sp³-hybridized carbons (Fsp3) is 0.867. The van der Waals surface area contributed by atoms with Crippen LogP contribution in [-0.2, 0) is 4.79 Å². The van der Waals surface area contributed by atoms with Crippen molar-refractivity contribution in [2.45, 2.75) is 58.8 Å². The molecule has 5 heteroatoms. The molecule has 0 spiro atoms. The number of hydrogen-bond acceptors (Lipinski definition) is 2. The molecule has 116 valence electrons. The molecule has 1 saturated carbocycles. The number of rotatable bonds is 10. The van der Waals surface area contributed by atoms with Gasteiger partial charge in [0.05, 0.1) is 0 Å². The van der Waals surface area contributed by atoms with Gasteiger partial charge in [-0.25, -0.2) is 4.79 Å². The Morgan fingerprint density at radius 1 is 1.25 bits per heavy atom. The van der Waals surface area contributed by atoms with Crippen molar-refractivity contribution in [3.05, 3.63) is 0 Å². The lowest BCUT2D eigenvalue weighted by molar-refractivity contribution is -0.137. The summed E-state index contributed by atoms with van der Waals surface area (Å²) in [6.45, 7) is 5.58. The lowest BCUT2D eigenvalue weighted by Crippen LogP contribution is -2.39. The molecule has 0 aromatic carbocycles. The van der Waals surface area contributed by atoms with Gasteiger partial charge in [-0.2, -0.15) is 0 Å². The zero-order chi connectivity index (χ0) is 15.0. The topological polar surface area (TPSA) is 78.4 Å². The third-order valence-electron chi connectivity index (χ3n) is 4.14. The Balaban J connectivity index is 2.04. The second kappa shape index (κ2) is 8.12. The first kappa shape index (κ1) is 16.8. The van der Waals surface area contributed by atoms with E-state index < -0.39 is 5.97 Å². The molecule has 5 nitrogen and oxygen atoms in total. The zero-order valence-corrected chi connectivity index (χ0v) is 12.7. The van der Waals surface area contributed by atoms with Gasteiger partial charge in [-0.15, -0.1) is 0 Å². The number of amides is 2. The Bertz CT molecular complexity index is 327. The summed E-state index contributed by atoms with van der Waals surface area (Å²) in [6, 6.07) is -0.0992. The third kappa shape index (κ3) is 6.78. The molecule has 0 radical (unpaired) electrons. The molecule has 0 aromatic rings. The number of carboxylic acids is 1. The lowest BCUT2D eigenvalue weighted by Gasteiger charge is -2.16. The maximum absolute atomic E-state index is 11.7. The summed E-state index contributed by atoms with van der Waals surface area (Å²) in [6.07, 6.45) is 6.51. The summed E-state index contributed by atoms with van der Waals surface area (Å²) >= 11 is 0. The second-order valence-corrected chi connectivity index (χ2v) is 6.19. The molecule has 1 unspecified atom stereocenters. The Hall–Kier alpha value is -1.26. The molecule has 0 bridgehead atoms. The number of nitrogens with one attached hydrogen (secondary N) is 2. The maximum Gasteiger partial charge on any atom is 0.314 e. The Labute approximate surface area is 121 Å². The first-order chi connectivity index (χ1) is 9.47. The molecular formula is C15H28N2O3. The molecule has 0 heterocycles. The Morgan fingerprint density at radius 3 is 2.50 bits per heavy atom. The lowest BCUT2D eigenvalue weighted by atomic mass is 10.0. The monoisotopic (exact) mass is 284 g/mol. The largest absolute Gasteiger partial charge is 0.481 e. The number of carbonyl (C=O) groups excluding carboxylic acids is 1. The Morgan fingerprint density at radius 2 is 1.95 bits per heavy atom. The SMILES string of the molecule is CCCC1(CNC(=O)NCCC(C)CCC(=O)O)CC1. The van der Waals surface area contributed by atoms with Crippen molar-refractivity contribution in [2.24, 2.45) is 11.3 Å². The van der Waals surface area contributed by atoms with Crippen molar-refractivity contribution in [1.29, 1.82) is 0 Å². The van der Waals surface area contributed by atoms with Gasteiger partial charge in [-0.3, -0.25) is 4.79 Å². The van der Waals surface area contributed by atoms with E-state index in [0.29, 0.717) is 24.3 Å². The fourth-order valence-corrected chi connectivity index (χ4v) is 2.50. The predicted molar refractivity (Wildman–Crippen MR) is 78.6 cm³/mol. The van der Waals surface area contributed by atoms with Crippen LogP contribution < -0.4 is 10.6 Å². The molecule has 1 atom stereocenters. The summed E-state index contributed by atoms with van der Waals surface area (Å²) in [5, 5.41) is 14.4. The molecule has 1 aliphatic rings. The van der Waals surface area contributed by atoms with Crippen LogP contribution in [0, 0.1) is 11.3 Å². The van der Waals surface area contributed by atoms with Gasteiger partial charge in [0.25, 0.3) is 0 Å². The van der Waals surface area contributed by atoms with Crippen molar-refractivity contribution in [3.63, 3.8) is 0 Å². The van der Waals surface area contributed by atoms with Crippen molar-refractivity contribution in [3.8, 4) is 0 Å². The van der Waals surface area contributed by atoms with Gasteiger partial charge in [0.15, 0.2) is 0 Å². The highest BCUT2D eigenvalue weighted by molar-refractivity contribution is 5.73. The average Bonchev–Trinajstić information content (AvgIpc) is 3.15. The van der Waals surface area contributed by atoms with Gasteiger partial charge >= 0.3 is 12.0 Å². The van der Waals surface area contributed by atoms with E-state index in [2.05, 4.69) is 17.6 Å². The quantitative estimate of drug-likeness (QED) is 0.577. The first-order valence-electron chi connectivity index (χ1n) is 7.71. The van der Waals surface area contributed by atoms with Crippen molar-refractivity contribution in [2.75, 3.05) is 13.1 Å². The predicted octanol–water partition coefficient (Wildman–Crippen LogP) is 2.76. The minimum atomic E-state index is -0.756. The van der Waals surface area contributed by atoms with E-state index >= 15 is 0 Å². The van der Waals surface area contributed by atoms with E-state index in [4.69, 9.17) is 5.11 Å². The van der Waals surface area contributed by atoms with Crippen LogP contribution in [0.4, 0.5) is 4.79 Å². The highest BCUT2D eigenvalue weighted by Crippen LogP contribution is 2.48. The summed E-state index contributed by atoms with van der Waals surface area (Å²) in [5.41, 5.74) is 0.376. The van der Waals surface area contributed by atoms with Gasteiger partial charge in [0.1, 0.15) is 0 Å². The average molecular weight is 284 g/mol. The first-order valence-corrected chi connectivity index (χ1v) is 7.71. The summed E-state index contributed by atoms with van der Waals surface area (Å²) in [4.78, 5) is 22.1. The van der Waals surface area contributed by atoms with Crippen LogP contribution in [0.2, 0.25) is 0 Å². The molecular weight excluding hydrogens is 256 g/mol. The highest BCUT2D eigenvalue weighted by atomic mass is 16.4. The van der Waals surface area contributed by atoms with Crippen LogP contribution >= 0.6 is 0 Å². The van der Waals surface area contributed by atoms with E-state index in [0.717, 1.165) is 13.0 Å². The molecule has 20 heavy (non-hydrogen) atoms. The van der Waals surface area contributed by atoms with Gasteiger partial charge in [-0.05, 0) is 43.4 Å². The molecule has 1 rings (SSSR count). The van der Waals surface area contributed by atoms with E-state index in [1.807, 2.05) is 6.92 Å².